The van der Waals surface area contributed by atoms with Crippen LogP contribution in [0.25, 0.3) is 0 Å². The fourth-order valence-corrected chi connectivity index (χ4v) is 1.28. The minimum Gasteiger partial charge on any atom is -0.260 e. The first-order valence-electron chi connectivity index (χ1n) is 2.86. The lowest BCUT2D eigenvalue weighted by Gasteiger charge is -1.94. The van der Waals surface area contributed by atoms with Crippen LogP contribution in [0, 0.1) is 0 Å². The summed E-state index contributed by atoms with van der Waals surface area (Å²) in [5.41, 5.74) is -0.00926. The quantitative estimate of drug-likeness (QED) is 0.682. The van der Waals surface area contributed by atoms with Crippen LogP contribution >= 0.6 is 11.6 Å². The second kappa shape index (κ2) is 3.32. The zero-order chi connectivity index (χ0) is 9.19. The maximum absolute atomic E-state index is 12.1. The average molecular weight is 211 g/mol. The number of rotatable bonds is 2. The maximum atomic E-state index is 12.1. The van der Waals surface area contributed by atoms with E-state index in [9.17, 15) is 12.3 Å². The minimum atomic E-state index is -4.56. The van der Waals surface area contributed by atoms with Gasteiger partial charge in [-0.05, 0) is 0 Å². The van der Waals surface area contributed by atoms with E-state index in [0.29, 0.717) is 0 Å². The Labute approximate surface area is 73.6 Å². The normalized spacial score (nSPS) is 11.5. The highest BCUT2D eigenvalue weighted by Gasteiger charge is 2.10. The predicted molar refractivity (Wildman–Crippen MR) is 40.8 cm³/mol. The van der Waals surface area contributed by atoms with Crippen molar-refractivity contribution in [3.05, 3.63) is 23.2 Å². The molecule has 0 saturated heterocycles. The van der Waals surface area contributed by atoms with Crippen LogP contribution in [0.4, 0.5) is 3.89 Å². The molecule has 1 heterocycles. The first kappa shape index (κ1) is 9.34. The highest BCUT2D eigenvalue weighted by molar-refractivity contribution is 7.85. The van der Waals surface area contributed by atoms with Crippen LogP contribution in [0.3, 0.4) is 0 Å². The van der Waals surface area contributed by atoms with Gasteiger partial charge < -0.3 is 0 Å². The third-order valence-electron chi connectivity index (χ3n) is 0.975. The van der Waals surface area contributed by atoms with E-state index in [1.54, 1.807) is 0 Å². The van der Waals surface area contributed by atoms with Gasteiger partial charge in [0.2, 0.25) is 0 Å². The zero-order valence-electron chi connectivity index (χ0n) is 5.74. The molecule has 0 N–H and O–H groups in total. The molecule has 1 rings (SSSR count). The van der Waals surface area contributed by atoms with Gasteiger partial charge in [-0.3, -0.25) is 4.98 Å². The Bertz CT molecular complexity index is 381. The number of aromatic nitrogens is 2. The van der Waals surface area contributed by atoms with Gasteiger partial charge in [0.1, 0.15) is 10.9 Å². The molecule has 0 aliphatic heterocycles. The second-order valence-electron chi connectivity index (χ2n) is 2.02. The van der Waals surface area contributed by atoms with E-state index in [-0.39, 0.29) is 10.8 Å². The van der Waals surface area contributed by atoms with Crippen LogP contribution in [0.15, 0.2) is 12.4 Å². The van der Waals surface area contributed by atoms with Crippen LogP contribution in [0.5, 0.6) is 0 Å². The third-order valence-corrected chi connectivity index (χ3v) is 1.80. The van der Waals surface area contributed by atoms with E-state index in [0.717, 1.165) is 6.20 Å². The summed E-state index contributed by atoms with van der Waals surface area (Å²) in [6, 6.07) is 0. The molecule has 0 unspecified atom stereocenters. The topological polar surface area (TPSA) is 59.9 Å². The Balaban J connectivity index is 2.91. The van der Waals surface area contributed by atoms with E-state index in [4.69, 9.17) is 11.6 Å². The van der Waals surface area contributed by atoms with Crippen molar-refractivity contribution in [2.45, 2.75) is 5.75 Å². The summed E-state index contributed by atoms with van der Waals surface area (Å²) in [5, 5.41) is 0.0381. The smallest absolute Gasteiger partial charge is 0.260 e. The molecule has 0 fully saturated rings. The van der Waals surface area contributed by atoms with Crippen LogP contribution in [0.1, 0.15) is 5.69 Å². The maximum Gasteiger partial charge on any atom is 0.308 e. The Morgan fingerprint density at radius 1 is 1.50 bits per heavy atom. The number of hydrogen-bond donors (Lipinski definition) is 0. The molecule has 0 atom stereocenters. The van der Waals surface area contributed by atoms with Gasteiger partial charge in [-0.1, -0.05) is 11.6 Å². The van der Waals surface area contributed by atoms with Crippen molar-refractivity contribution in [3.63, 3.8) is 0 Å². The van der Waals surface area contributed by atoms with Crippen LogP contribution in [0.2, 0.25) is 5.15 Å². The van der Waals surface area contributed by atoms with Gasteiger partial charge in [0.15, 0.2) is 0 Å². The lowest BCUT2D eigenvalue weighted by Crippen LogP contribution is -1.99. The van der Waals surface area contributed by atoms with Gasteiger partial charge in [-0.2, -0.15) is 8.42 Å². The fraction of sp³-hybridized carbons (Fsp3) is 0.200. The summed E-state index contributed by atoms with van der Waals surface area (Å²) in [7, 11) is -4.56. The second-order valence-corrected chi connectivity index (χ2v) is 3.77. The van der Waals surface area contributed by atoms with E-state index < -0.39 is 16.0 Å². The van der Waals surface area contributed by atoms with Gasteiger partial charge in [0.05, 0.1) is 11.9 Å². The molecule has 0 spiro atoms. The van der Waals surface area contributed by atoms with E-state index >= 15 is 0 Å². The molecule has 1 aromatic rings. The van der Waals surface area contributed by atoms with Crippen molar-refractivity contribution in [1.29, 1.82) is 0 Å². The van der Waals surface area contributed by atoms with Crippen molar-refractivity contribution < 1.29 is 12.3 Å². The van der Waals surface area contributed by atoms with Crippen LogP contribution < -0.4 is 0 Å². The highest BCUT2D eigenvalue weighted by atomic mass is 35.5. The van der Waals surface area contributed by atoms with Gasteiger partial charge in [0.25, 0.3) is 0 Å². The molecule has 0 radical (unpaired) electrons. The number of nitrogens with zero attached hydrogens (tertiary/aromatic N) is 2. The first-order valence-corrected chi connectivity index (χ1v) is 4.79. The fourth-order valence-electron chi connectivity index (χ4n) is 0.626. The Hall–Kier alpha value is -0.750. The first-order chi connectivity index (χ1) is 5.47. The van der Waals surface area contributed by atoms with Crippen molar-refractivity contribution in [2.75, 3.05) is 0 Å². The SMILES string of the molecule is O=S(=O)(F)Cc1cncc(Cl)n1. The van der Waals surface area contributed by atoms with Crippen molar-refractivity contribution >= 4 is 21.8 Å². The molecule has 1 aromatic heterocycles. The highest BCUT2D eigenvalue weighted by Crippen LogP contribution is 2.06. The molecule has 0 aliphatic carbocycles. The molecule has 0 aromatic carbocycles. The van der Waals surface area contributed by atoms with Gasteiger partial charge in [-0.15, -0.1) is 3.89 Å². The monoisotopic (exact) mass is 210 g/mol. The molecule has 0 amide bonds. The minimum absolute atomic E-state index is 0.00926. The Morgan fingerprint density at radius 3 is 2.67 bits per heavy atom. The van der Waals surface area contributed by atoms with Gasteiger partial charge >= 0.3 is 10.2 Å². The molecule has 0 bridgehead atoms. The van der Waals surface area contributed by atoms with E-state index in [1.807, 2.05) is 0 Å². The Morgan fingerprint density at radius 2 is 2.17 bits per heavy atom. The zero-order valence-corrected chi connectivity index (χ0v) is 7.31. The summed E-state index contributed by atoms with van der Waals surface area (Å²) in [4.78, 5) is 7.09. The summed E-state index contributed by atoms with van der Waals surface area (Å²) in [6.45, 7) is 0. The molecule has 12 heavy (non-hydrogen) atoms. The summed E-state index contributed by atoms with van der Waals surface area (Å²) in [5.74, 6) is -0.791. The Kier molecular flexibility index (Phi) is 2.58. The molecule has 66 valence electrons. The lowest BCUT2D eigenvalue weighted by atomic mass is 10.5. The summed E-state index contributed by atoms with van der Waals surface area (Å²) >= 11 is 5.38. The summed E-state index contributed by atoms with van der Waals surface area (Å²) in [6.07, 6.45) is 2.37. The largest absolute Gasteiger partial charge is 0.308 e. The van der Waals surface area contributed by atoms with E-state index in [1.165, 1.54) is 6.20 Å². The van der Waals surface area contributed by atoms with Crippen molar-refractivity contribution in [3.8, 4) is 0 Å². The average Bonchev–Trinajstić information content (AvgIpc) is 1.82. The number of hydrogen-bond acceptors (Lipinski definition) is 4. The molecular formula is C5H4ClFN2O2S. The molecule has 0 saturated carbocycles. The lowest BCUT2D eigenvalue weighted by molar-refractivity contribution is 0.550. The molecule has 0 aliphatic rings. The standard InChI is InChI=1S/C5H4ClFN2O2S/c6-5-2-8-1-4(9-5)3-12(7,10)11/h1-2H,3H2. The van der Waals surface area contributed by atoms with Gasteiger partial charge in [-0.25, -0.2) is 4.98 Å². The van der Waals surface area contributed by atoms with Crippen molar-refractivity contribution in [1.82, 2.24) is 9.97 Å². The predicted octanol–water partition coefficient (Wildman–Crippen LogP) is 0.929. The molecule has 4 nitrogen and oxygen atoms in total. The van der Waals surface area contributed by atoms with E-state index in [2.05, 4.69) is 9.97 Å². The molecule has 7 heteroatoms. The van der Waals surface area contributed by atoms with Crippen LogP contribution in [-0.4, -0.2) is 18.4 Å². The van der Waals surface area contributed by atoms with Gasteiger partial charge in [0, 0.05) is 6.20 Å². The van der Waals surface area contributed by atoms with Crippen molar-refractivity contribution in [2.24, 2.45) is 0 Å². The van der Waals surface area contributed by atoms with Crippen LogP contribution in [-0.2, 0) is 16.0 Å². The third kappa shape index (κ3) is 3.10. The summed E-state index contributed by atoms with van der Waals surface area (Å²) < 4.78 is 32.3. The number of halogens is 2. The molecular weight excluding hydrogens is 207 g/mol.